The third-order valence-corrected chi connectivity index (χ3v) is 2.01. The zero-order chi connectivity index (χ0) is 9.80. The molecule has 2 aromatic rings. The summed E-state index contributed by atoms with van der Waals surface area (Å²) in [7, 11) is 0. The number of rotatable bonds is 4. The quantitative estimate of drug-likeness (QED) is 0.547. The van der Waals surface area contributed by atoms with E-state index in [1.165, 1.54) is 0 Å². The fourth-order valence-electron chi connectivity index (χ4n) is 1.37. The predicted octanol–water partition coefficient (Wildman–Crippen LogP) is 2.15. The standard InChI is InChI=1S/C11H10O3/c12-8-13-6-5-10-7-9-3-1-2-4-11(9)14-10/h1-4,7-8H,5-6H2. The third-order valence-electron chi connectivity index (χ3n) is 2.01. The summed E-state index contributed by atoms with van der Waals surface area (Å²) >= 11 is 0. The van der Waals surface area contributed by atoms with Crippen molar-refractivity contribution in [1.29, 1.82) is 0 Å². The summed E-state index contributed by atoms with van der Waals surface area (Å²) in [6.45, 7) is 0.811. The van der Waals surface area contributed by atoms with E-state index in [2.05, 4.69) is 4.74 Å². The molecule has 1 aromatic heterocycles. The lowest BCUT2D eigenvalue weighted by molar-refractivity contribution is -0.128. The molecular formula is C11H10O3. The molecule has 3 heteroatoms. The highest BCUT2D eigenvalue weighted by Crippen LogP contribution is 2.18. The maximum absolute atomic E-state index is 9.91. The Hall–Kier alpha value is -1.77. The van der Waals surface area contributed by atoms with Crippen molar-refractivity contribution in [1.82, 2.24) is 0 Å². The van der Waals surface area contributed by atoms with Crippen molar-refractivity contribution in [3.05, 3.63) is 36.1 Å². The van der Waals surface area contributed by atoms with Crippen LogP contribution in [-0.2, 0) is 16.0 Å². The first-order chi connectivity index (χ1) is 6.90. The second-order valence-corrected chi connectivity index (χ2v) is 2.97. The molecule has 0 saturated carbocycles. The van der Waals surface area contributed by atoms with E-state index in [-0.39, 0.29) is 0 Å². The molecule has 0 aliphatic rings. The SMILES string of the molecule is O=COCCc1cc2ccccc2o1. The highest BCUT2D eigenvalue weighted by Gasteiger charge is 2.01. The van der Waals surface area contributed by atoms with Crippen LogP contribution in [0.25, 0.3) is 11.0 Å². The minimum Gasteiger partial charge on any atom is -0.467 e. The van der Waals surface area contributed by atoms with Crippen molar-refractivity contribution in [2.24, 2.45) is 0 Å². The monoisotopic (exact) mass is 190 g/mol. The zero-order valence-electron chi connectivity index (χ0n) is 7.60. The van der Waals surface area contributed by atoms with Gasteiger partial charge < -0.3 is 9.15 Å². The van der Waals surface area contributed by atoms with Gasteiger partial charge in [0, 0.05) is 11.8 Å². The second kappa shape index (κ2) is 3.96. The molecule has 14 heavy (non-hydrogen) atoms. The van der Waals surface area contributed by atoms with E-state index in [9.17, 15) is 4.79 Å². The lowest BCUT2D eigenvalue weighted by Crippen LogP contribution is -1.94. The number of carbonyl (C=O) groups excluding carboxylic acids is 1. The van der Waals surface area contributed by atoms with Gasteiger partial charge in [-0.2, -0.15) is 0 Å². The number of benzene rings is 1. The van der Waals surface area contributed by atoms with E-state index < -0.39 is 0 Å². The number of carbonyl (C=O) groups is 1. The molecule has 0 N–H and O–H groups in total. The van der Waals surface area contributed by atoms with Crippen molar-refractivity contribution in [2.45, 2.75) is 6.42 Å². The van der Waals surface area contributed by atoms with Crippen molar-refractivity contribution in [2.75, 3.05) is 6.61 Å². The molecule has 0 saturated heterocycles. The Kier molecular flexibility index (Phi) is 2.49. The van der Waals surface area contributed by atoms with Gasteiger partial charge in [0.05, 0.1) is 6.61 Å². The summed E-state index contributed by atoms with van der Waals surface area (Å²) in [6.07, 6.45) is 0.618. The summed E-state index contributed by atoms with van der Waals surface area (Å²) in [5, 5.41) is 1.08. The summed E-state index contributed by atoms with van der Waals surface area (Å²) in [6, 6.07) is 9.76. The fraction of sp³-hybridized carbons (Fsp3) is 0.182. The average molecular weight is 190 g/mol. The van der Waals surface area contributed by atoms with Gasteiger partial charge >= 0.3 is 0 Å². The molecule has 3 nitrogen and oxygen atoms in total. The molecule has 0 aliphatic carbocycles. The molecule has 0 aliphatic heterocycles. The minimum atomic E-state index is 0.364. The first-order valence-electron chi connectivity index (χ1n) is 4.43. The van der Waals surface area contributed by atoms with Crippen molar-refractivity contribution in [3.8, 4) is 0 Å². The van der Waals surface area contributed by atoms with Crippen LogP contribution in [0.15, 0.2) is 34.7 Å². The Morgan fingerprint density at radius 1 is 1.36 bits per heavy atom. The number of hydrogen-bond donors (Lipinski definition) is 0. The molecule has 0 radical (unpaired) electrons. The Bertz CT molecular complexity index is 398. The first-order valence-corrected chi connectivity index (χ1v) is 4.43. The number of para-hydroxylation sites is 1. The van der Waals surface area contributed by atoms with Crippen LogP contribution in [0.4, 0.5) is 0 Å². The topological polar surface area (TPSA) is 39.4 Å². The Morgan fingerprint density at radius 2 is 2.21 bits per heavy atom. The van der Waals surface area contributed by atoms with Crippen LogP contribution in [0.5, 0.6) is 0 Å². The average Bonchev–Trinajstić information content (AvgIpc) is 2.60. The lowest BCUT2D eigenvalue weighted by Gasteiger charge is -1.93. The van der Waals surface area contributed by atoms with Gasteiger partial charge in [-0.15, -0.1) is 0 Å². The molecule has 1 aromatic carbocycles. The normalized spacial score (nSPS) is 10.3. The van der Waals surface area contributed by atoms with Crippen LogP contribution in [0.1, 0.15) is 5.76 Å². The number of ether oxygens (including phenoxy) is 1. The molecule has 0 bridgehead atoms. The van der Waals surface area contributed by atoms with Gasteiger partial charge in [0.2, 0.25) is 0 Å². The van der Waals surface area contributed by atoms with Crippen LogP contribution in [0, 0.1) is 0 Å². The van der Waals surface area contributed by atoms with Gasteiger partial charge in [-0.1, -0.05) is 18.2 Å². The fourth-order valence-corrected chi connectivity index (χ4v) is 1.37. The van der Waals surface area contributed by atoms with Gasteiger partial charge in [0.1, 0.15) is 11.3 Å². The van der Waals surface area contributed by atoms with E-state index >= 15 is 0 Å². The summed E-state index contributed by atoms with van der Waals surface area (Å²) in [4.78, 5) is 9.91. The second-order valence-electron chi connectivity index (χ2n) is 2.97. The Labute approximate surface area is 81.3 Å². The largest absolute Gasteiger partial charge is 0.467 e. The summed E-state index contributed by atoms with van der Waals surface area (Å²) in [5.74, 6) is 0.841. The summed E-state index contributed by atoms with van der Waals surface area (Å²) < 4.78 is 10.1. The molecule has 0 unspecified atom stereocenters. The number of furan rings is 1. The van der Waals surface area contributed by atoms with E-state index in [1.54, 1.807) is 0 Å². The molecular weight excluding hydrogens is 180 g/mol. The predicted molar refractivity (Wildman–Crippen MR) is 51.9 cm³/mol. The van der Waals surface area contributed by atoms with Gasteiger partial charge in [-0.25, -0.2) is 0 Å². The van der Waals surface area contributed by atoms with E-state index in [0.717, 1.165) is 16.7 Å². The van der Waals surface area contributed by atoms with Crippen LogP contribution < -0.4 is 0 Å². The van der Waals surface area contributed by atoms with Gasteiger partial charge in [0.15, 0.2) is 0 Å². The van der Waals surface area contributed by atoms with Gasteiger partial charge in [0.25, 0.3) is 6.47 Å². The highest BCUT2D eigenvalue weighted by molar-refractivity contribution is 5.77. The van der Waals surface area contributed by atoms with Crippen molar-refractivity contribution >= 4 is 17.4 Å². The Balaban J connectivity index is 2.14. The van der Waals surface area contributed by atoms with Crippen molar-refractivity contribution < 1.29 is 13.9 Å². The van der Waals surface area contributed by atoms with Gasteiger partial charge in [-0.3, -0.25) is 4.79 Å². The van der Waals surface area contributed by atoms with E-state index in [4.69, 9.17) is 4.42 Å². The van der Waals surface area contributed by atoms with E-state index in [1.807, 2.05) is 30.3 Å². The van der Waals surface area contributed by atoms with E-state index in [0.29, 0.717) is 19.5 Å². The maximum Gasteiger partial charge on any atom is 0.293 e. The third kappa shape index (κ3) is 1.76. The molecule has 0 atom stereocenters. The smallest absolute Gasteiger partial charge is 0.293 e. The lowest BCUT2D eigenvalue weighted by atomic mass is 10.2. The molecule has 72 valence electrons. The van der Waals surface area contributed by atoms with Gasteiger partial charge in [-0.05, 0) is 12.1 Å². The van der Waals surface area contributed by atoms with Crippen molar-refractivity contribution in [3.63, 3.8) is 0 Å². The summed E-state index contributed by atoms with van der Waals surface area (Å²) in [5.41, 5.74) is 0.869. The zero-order valence-corrected chi connectivity index (χ0v) is 7.60. The minimum absolute atomic E-state index is 0.364. The first kappa shape index (κ1) is 8.81. The molecule has 0 amide bonds. The molecule has 2 rings (SSSR count). The molecule has 0 fully saturated rings. The number of fused-ring (bicyclic) bond motifs is 1. The van der Waals surface area contributed by atoms with Crippen LogP contribution >= 0.6 is 0 Å². The highest BCUT2D eigenvalue weighted by atomic mass is 16.5. The van der Waals surface area contributed by atoms with Crippen LogP contribution in [-0.4, -0.2) is 13.1 Å². The van der Waals surface area contributed by atoms with Crippen LogP contribution in [0.2, 0.25) is 0 Å². The molecule has 0 spiro atoms. The molecule has 1 heterocycles. The number of hydrogen-bond acceptors (Lipinski definition) is 3. The Morgan fingerprint density at radius 3 is 3.00 bits per heavy atom. The maximum atomic E-state index is 9.91. The van der Waals surface area contributed by atoms with Crippen LogP contribution in [0.3, 0.4) is 0 Å².